The highest BCUT2D eigenvalue weighted by molar-refractivity contribution is 9.10. The van der Waals surface area contributed by atoms with E-state index in [2.05, 4.69) is 21.2 Å². The molecule has 4 nitrogen and oxygen atoms in total. The van der Waals surface area contributed by atoms with Crippen LogP contribution >= 0.6 is 27.5 Å². The van der Waals surface area contributed by atoms with Crippen molar-refractivity contribution >= 4 is 39.5 Å². The monoisotopic (exact) mass is 344 g/mol. The third-order valence-electron chi connectivity index (χ3n) is 3.58. The zero-order chi connectivity index (χ0) is 14.2. The van der Waals surface area contributed by atoms with E-state index >= 15 is 0 Å². The Morgan fingerprint density at radius 3 is 2.68 bits per heavy atom. The SMILES string of the molecule is CCC1(C)C(=O)NC(=O)N1Cc1ccc(Br)cc1Cl. The number of nitrogens with zero attached hydrogens (tertiary/aromatic N) is 1. The molecular weight excluding hydrogens is 332 g/mol. The molecule has 1 N–H and O–H groups in total. The molecule has 1 aliphatic heterocycles. The molecule has 0 saturated carbocycles. The number of rotatable bonds is 3. The summed E-state index contributed by atoms with van der Waals surface area (Å²) in [7, 11) is 0. The first-order valence-corrected chi connectivity index (χ1v) is 7.12. The molecular formula is C13H14BrClN2O2. The molecule has 0 aliphatic carbocycles. The van der Waals surface area contributed by atoms with E-state index in [-0.39, 0.29) is 11.9 Å². The average molecular weight is 346 g/mol. The molecule has 2 rings (SSSR count). The number of carbonyl (C=O) groups is 2. The van der Waals surface area contributed by atoms with Gasteiger partial charge < -0.3 is 4.90 Å². The molecule has 1 saturated heterocycles. The first-order chi connectivity index (χ1) is 8.88. The van der Waals surface area contributed by atoms with Crippen LogP contribution in [0.4, 0.5) is 4.79 Å². The molecule has 1 atom stereocenters. The molecule has 19 heavy (non-hydrogen) atoms. The number of benzene rings is 1. The maximum atomic E-state index is 11.9. The Balaban J connectivity index is 2.31. The van der Waals surface area contributed by atoms with Crippen molar-refractivity contribution in [2.45, 2.75) is 32.4 Å². The average Bonchev–Trinajstić information content (AvgIpc) is 2.56. The fraction of sp³-hybridized carbons (Fsp3) is 0.385. The van der Waals surface area contributed by atoms with E-state index in [0.29, 0.717) is 18.0 Å². The van der Waals surface area contributed by atoms with E-state index in [9.17, 15) is 9.59 Å². The van der Waals surface area contributed by atoms with Crippen molar-refractivity contribution < 1.29 is 9.59 Å². The van der Waals surface area contributed by atoms with Gasteiger partial charge in [-0.15, -0.1) is 0 Å². The van der Waals surface area contributed by atoms with Gasteiger partial charge in [-0.05, 0) is 31.0 Å². The van der Waals surface area contributed by atoms with Gasteiger partial charge in [-0.1, -0.05) is 40.5 Å². The maximum Gasteiger partial charge on any atom is 0.325 e. The number of carbonyl (C=O) groups excluding carboxylic acids is 2. The summed E-state index contributed by atoms with van der Waals surface area (Å²) in [6.45, 7) is 3.96. The molecule has 6 heteroatoms. The van der Waals surface area contributed by atoms with Crippen molar-refractivity contribution in [1.82, 2.24) is 10.2 Å². The molecule has 1 aromatic rings. The number of imide groups is 1. The lowest BCUT2D eigenvalue weighted by Gasteiger charge is -2.31. The van der Waals surface area contributed by atoms with Crippen LogP contribution < -0.4 is 5.32 Å². The lowest BCUT2D eigenvalue weighted by Crippen LogP contribution is -2.46. The number of urea groups is 1. The van der Waals surface area contributed by atoms with Gasteiger partial charge in [0.2, 0.25) is 0 Å². The van der Waals surface area contributed by atoms with Gasteiger partial charge >= 0.3 is 6.03 Å². The predicted octanol–water partition coefficient (Wildman–Crippen LogP) is 3.32. The highest BCUT2D eigenvalue weighted by Gasteiger charge is 2.47. The van der Waals surface area contributed by atoms with E-state index < -0.39 is 5.54 Å². The Labute approximate surface area is 125 Å². The van der Waals surface area contributed by atoms with Gasteiger partial charge in [0.05, 0.1) is 0 Å². The summed E-state index contributed by atoms with van der Waals surface area (Å²) >= 11 is 9.49. The molecule has 1 heterocycles. The van der Waals surface area contributed by atoms with Crippen LogP contribution in [0.3, 0.4) is 0 Å². The molecule has 1 aliphatic rings. The topological polar surface area (TPSA) is 49.4 Å². The quantitative estimate of drug-likeness (QED) is 0.854. The van der Waals surface area contributed by atoms with Crippen molar-refractivity contribution in [2.24, 2.45) is 0 Å². The van der Waals surface area contributed by atoms with Gasteiger partial charge in [0.25, 0.3) is 5.91 Å². The molecule has 0 spiro atoms. The Hall–Kier alpha value is -1.07. The molecule has 102 valence electrons. The molecule has 1 unspecified atom stereocenters. The fourth-order valence-electron chi connectivity index (χ4n) is 2.06. The maximum absolute atomic E-state index is 11.9. The molecule has 1 fully saturated rings. The number of hydrogen-bond donors (Lipinski definition) is 1. The first kappa shape index (κ1) is 14.3. The molecule has 3 amide bonds. The highest BCUT2D eigenvalue weighted by atomic mass is 79.9. The van der Waals surface area contributed by atoms with Crippen LogP contribution in [-0.2, 0) is 11.3 Å². The molecule has 1 aromatic carbocycles. The van der Waals surface area contributed by atoms with E-state index in [0.717, 1.165) is 10.0 Å². The smallest absolute Gasteiger partial charge is 0.306 e. The van der Waals surface area contributed by atoms with E-state index in [1.54, 1.807) is 13.0 Å². The van der Waals surface area contributed by atoms with Crippen molar-refractivity contribution in [2.75, 3.05) is 0 Å². The Morgan fingerprint density at radius 1 is 1.42 bits per heavy atom. The van der Waals surface area contributed by atoms with Crippen LogP contribution in [0.5, 0.6) is 0 Å². The second kappa shape index (κ2) is 5.13. The summed E-state index contributed by atoms with van der Waals surface area (Å²) in [5.74, 6) is -0.256. The predicted molar refractivity (Wildman–Crippen MR) is 76.9 cm³/mol. The largest absolute Gasteiger partial charge is 0.325 e. The normalized spacial score (nSPS) is 22.8. The summed E-state index contributed by atoms with van der Waals surface area (Å²) in [6, 6.07) is 5.11. The number of halogens is 2. The van der Waals surface area contributed by atoms with E-state index in [1.807, 2.05) is 19.1 Å². The van der Waals surface area contributed by atoms with Gasteiger partial charge in [0.15, 0.2) is 0 Å². The molecule has 0 radical (unpaired) electrons. The standard InChI is InChI=1S/C13H14BrClN2O2/c1-3-13(2)11(18)16-12(19)17(13)7-8-4-5-9(14)6-10(8)15/h4-6H,3,7H2,1-2H3,(H,16,18,19). The lowest BCUT2D eigenvalue weighted by molar-refractivity contribution is -0.126. The number of amides is 3. The van der Waals surface area contributed by atoms with Crippen LogP contribution in [-0.4, -0.2) is 22.4 Å². The second-order valence-corrected chi connectivity index (χ2v) is 6.03. The van der Waals surface area contributed by atoms with Crippen LogP contribution in [0.1, 0.15) is 25.8 Å². The highest BCUT2D eigenvalue weighted by Crippen LogP contribution is 2.30. The van der Waals surface area contributed by atoms with Crippen molar-refractivity contribution in [3.63, 3.8) is 0 Å². The molecule has 0 aromatic heterocycles. The Bertz CT molecular complexity index is 549. The minimum Gasteiger partial charge on any atom is -0.306 e. The first-order valence-electron chi connectivity index (χ1n) is 5.95. The molecule has 0 bridgehead atoms. The summed E-state index contributed by atoms with van der Waals surface area (Å²) in [5, 5.41) is 2.92. The fourth-order valence-corrected chi connectivity index (χ4v) is 2.80. The van der Waals surface area contributed by atoms with E-state index in [1.165, 1.54) is 4.90 Å². The summed E-state index contributed by atoms with van der Waals surface area (Å²) < 4.78 is 0.876. The zero-order valence-corrected chi connectivity index (χ0v) is 13.0. The van der Waals surface area contributed by atoms with Gasteiger partial charge in [-0.3, -0.25) is 10.1 Å². The van der Waals surface area contributed by atoms with Crippen molar-refractivity contribution in [3.8, 4) is 0 Å². The van der Waals surface area contributed by atoms with Crippen LogP contribution in [0.15, 0.2) is 22.7 Å². The zero-order valence-electron chi connectivity index (χ0n) is 10.7. The second-order valence-electron chi connectivity index (χ2n) is 4.71. The van der Waals surface area contributed by atoms with Gasteiger partial charge in [0, 0.05) is 16.0 Å². The van der Waals surface area contributed by atoms with Gasteiger partial charge in [0.1, 0.15) is 5.54 Å². The van der Waals surface area contributed by atoms with Crippen molar-refractivity contribution in [1.29, 1.82) is 0 Å². The van der Waals surface area contributed by atoms with Crippen LogP contribution in [0.25, 0.3) is 0 Å². The van der Waals surface area contributed by atoms with E-state index in [4.69, 9.17) is 11.6 Å². The Kier molecular flexibility index (Phi) is 3.87. The third kappa shape index (κ3) is 2.49. The summed E-state index contributed by atoms with van der Waals surface area (Å²) in [6.07, 6.45) is 0.554. The van der Waals surface area contributed by atoms with Crippen molar-refractivity contribution in [3.05, 3.63) is 33.3 Å². The minimum atomic E-state index is -0.812. The Morgan fingerprint density at radius 2 is 2.11 bits per heavy atom. The summed E-state index contributed by atoms with van der Waals surface area (Å²) in [5.41, 5.74) is 0.00223. The van der Waals surface area contributed by atoms with Gasteiger partial charge in [-0.2, -0.15) is 0 Å². The summed E-state index contributed by atoms with van der Waals surface area (Å²) in [4.78, 5) is 25.3. The number of nitrogens with one attached hydrogen (secondary N) is 1. The number of hydrogen-bond acceptors (Lipinski definition) is 2. The van der Waals surface area contributed by atoms with Crippen LogP contribution in [0, 0.1) is 0 Å². The van der Waals surface area contributed by atoms with Gasteiger partial charge in [-0.25, -0.2) is 4.79 Å². The third-order valence-corrected chi connectivity index (χ3v) is 4.43. The minimum absolute atomic E-state index is 0.256. The lowest BCUT2D eigenvalue weighted by atomic mass is 9.97. The van der Waals surface area contributed by atoms with Crippen LogP contribution in [0.2, 0.25) is 5.02 Å².